The molecule has 5 heteroatoms. The van der Waals surface area contributed by atoms with Crippen molar-refractivity contribution in [2.24, 2.45) is 5.73 Å². The first-order chi connectivity index (χ1) is 10.1. The molecule has 5 nitrogen and oxygen atoms in total. The number of amides is 1. The number of hydrogen-bond donors (Lipinski definition) is 1. The van der Waals surface area contributed by atoms with Gasteiger partial charge in [0.15, 0.2) is 11.5 Å². The van der Waals surface area contributed by atoms with E-state index >= 15 is 0 Å². The minimum absolute atomic E-state index is 0.0174. The van der Waals surface area contributed by atoms with Crippen LogP contribution in [0.1, 0.15) is 23.4 Å². The second-order valence-electron chi connectivity index (χ2n) is 4.73. The van der Waals surface area contributed by atoms with E-state index in [9.17, 15) is 9.59 Å². The van der Waals surface area contributed by atoms with Gasteiger partial charge in [0.1, 0.15) is 5.58 Å². The van der Waals surface area contributed by atoms with E-state index in [0.717, 1.165) is 22.1 Å². The average molecular weight is 283 g/mol. The minimum atomic E-state index is -0.504. The molecule has 0 saturated heterocycles. The topological polar surface area (TPSA) is 86.4 Å². The molecular weight excluding hydrogens is 270 g/mol. The number of benzene rings is 1. The number of Topliss-reactive ketones (excluding diaryl/α,β-unsaturated/α-hetero) is 1. The summed E-state index contributed by atoms with van der Waals surface area (Å²) < 4.78 is 10.8. The van der Waals surface area contributed by atoms with E-state index in [4.69, 9.17) is 14.6 Å². The molecule has 2 N–H and O–H groups in total. The molecule has 106 valence electrons. The zero-order chi connectivity index (χ0) is 14.8. The standard InChI is InChI=1S/C16H13NO4/c17-16(19)6-5-13(18)15-7-10(8-20-15)12-9-21-14-4-2-1-3-11(12)14/h1-4,7-9H,5-6H2,(H2,17,19). The molecule has 0 fully saturated rings. The second kappa shape index (κ2) is 5.28. The van der Waals surface area contributed by atoms with Gasteiger partial charge in [0.25, 0.3) is 0 Å². The maximum absolute atomic E-state index is 11.9. The van der Waals surface area contributed by atoms with E-state index in [1.165, 1.54) is 6.26 Å². The van der Waals surface area contributed by atoms with Crippen molar-refractivity contribution in [2.75, 3.05) is 0 Å². The summed E-state index contributed by atoms with van der Waals surface area (Å²) in [5.41, 5.74) is 7.43. The SMILES string of the molecule is NC(=O)CCC(=O)c1cc(-c2coc3ccccc23)co1. The lowest BCUT2D eigenvalue weighted by Gasteiger charge is -1.93. The average Bonchev–Trinajstić information content (AvgIpc) is 3.10. The number of furan rings is 2. The van der Waals surface area contributed by atoms with E-state index in [-0.39, 0.29) is 24.4 Å². The van der Waals surface area contributed by atoms with Crippen LogP contribution in [0.4, 0.5) is 0 Å². The first-order valence-electron chi connectivity index (χ1n) is 6.52. The van der Waals surface area contributed by atoms with Gasteiger partial charge in [-0.2, -0.15) is 0 Å². The van der Waals surface area contributed by atoms with Crippen LogP contribution < -0.4 is 5.73 Å². The van der Waals surface area contributed by atoms with Crippen molar-refractivity contribution >= 4 is 22.7 Å². The summed E-state index contributed by atoms with van der Waals surface area (Å²) >= 11 is 0. The van der Waals surface area contributed by atoms with Crippen LogP contribution in [0.15, 0.2) is 51.7 Å². The van der Waals surface area contributed by atoms with Crippen molar-refractivity contribution in [3.63, 3.8) is 0 Å². The number of fused-ring (bicyclic) bond motifs is 1. The number of hydrogen-bond acceptors (Lipinski definition) is 4. The van der Waals surface area contributed by atoms with E-state index in [0.29, 0.717) is 0 Å². The summed E-state index contributed by atoms with van der Waals surface area (Å²) in [6.07, 6.45) is 3.21. The Kier molecular flexibility index (Phi) is 3.31. The van der Waals surface area contributed by atoms with Crippen molar-refractivity contribution < 1.29 is 18.4 Å². The molecule has 0 radical (unpaired) electrons. The van der Waals surface area contributed by atoms with Gasteiger partial charge in [-0.05, 0) is 12.1 Å². The van der Waals surface area contributed by atoms with Gasteiger partial charge >= 0.3 is 0 Å². The van der Waals surface area contributed by atoms with E-state index < -0.39 is 5.91 Å². The van der Waals surface area contributed by atoms with Crippen LogP contribution in [0, 0.1) is 0 Å². The Labute approximate surface area is 120 Å². The van der Waals surface area contributed by atoms with Gasteiger partial charge in [0.05, 0.1) is 12.5 Å². The number of ketones is 1. The third-order valence-corrected chi connectivity index (χ3v) is 3.26. The third kappa shape index (κ3) is 2.58. The molecule has 2 heterocycles. The van der Waals surface area contributed by atoms with Gasteiger partial charge in [0.2, 0.25) is 5.91 Å². The maximum atomic E-state index is 11.9. The van der Waals surface area contributed by atoms with Gasteiger partial charge in [0, 0.05) is 29.4 Å². The molecule has 2 aromatic heterocycles. The van der Waals surface area contributed by atoms with Crippen molar-refractivity contribution in [3.8, 4) is 11.1 Å². The molecule has 21 heavy (non-hydrogen) atoms. The largest absolute Gasteiger partial charge is 0.464 e. The van der Waals surface area contributed by atoms with Crippen LogP contribution in [-0.4, -0.2) is 11.7 Å². The highest BCUT2D eigenvalue weighted by molar-refractivity contribution is 5.99. The highest BCUT2D eigenvalue weighted by atomic mass is 16.3. The summed E-state index contributed by atoms with van der Waals surface area (Å²) in [6.45, 7) is 0. The van der Waals surface area contributed by atoms with Gasteiger partial charge in [-0.15, -0.1) is 0 Å². The molecule has 0 bridgehead atoms. The van der Waals surface area contributed by atoms with E-state index in [1.807, 2.05) is 24.3 Å². The molecule has 0 unspecified atom stereocenters. The Balaban J connectivity index is 1.88. The summed E-state index contributed by atoms with van der Waals surface area (Å²) in [5.74, 6) is -0.527. The highest BCUT2D eigenvalue weighted by Gasteiger charge is 2.15. The molecular formula is C16H13NO4. The fraction of sp³-hybridized carbons (Fsp3) is 0.125. The fourth-order valence-corrected chi connectivity index (χ4v) is 2.18. The summed E-state index contributed by atoms with van der Waals surface area (Å²) in [4.78, 5) is 22.6. The van der Waals surface area contributed by atoms with Crippen LogP contribution in [0.3, 0.4) is 0 Å². The Hall–Kier alpha value is -2.82. The van der Waals surface area contributed by atoms with E-state index in [2.05, 4.69) is 0 Å². The predicted molar refractivity (Wildman–Crippen MR) is 76.7 cm³/mol. The second-order valence-corrected chi connectivity index (χ2v) is 4.73. The smallest absolute Gasteiger partial charge is 0.217 e. The molecule has 1 aromatic carbocycles. The van der Waals surface area contributed by atoms with Crippen molar-refractivity contribution in [1.29, 1.82) is 0 Å². The Morgan fingerprint density at radius 1 is 1.05 bits per heavy atom. The molecule has 1 amide bonds. The highest BCUT2D eigenvalue weighted by Crippen LogP contribution is 2.31. The van der Waals surface area contributed by atoms with Crippen LogP contribution in [-0.2, 0) is 4.79 Å². The van der Waals surface area contributed by atoms with Gasteiger partial charge in [-0.1, -0.05) is 18.2 Å². The molecule has 0 aliphatic heterocycles. The normalized spacial score (nSPS) is 10.9. The predicted octanol–water partition coefficient (Wildman–Crippen LogP) is 3.14. The van der Waals surface area contributed by atoms with Gasteiger partial charge in [-0.25, -0.2) is 0 Å². The lowest BCUT2D eigenvalue weighted by atomic mass is 10.1. The molecule has 0 saturated carbocycles. The van der Waals surface area contributed by atoms with Gasteiger partial charge in [-0.3, -0.25) is 9.59 Å². The van der Waals surface area contributed by atoms with E-state index in [1.54, 1.807) is 12.3 Å². The van der Waals surface area contributed by atoms with Crippen LogP contribution in [0.5, 0.6) is 0 Å². The van der Waals surface area contributed by atoms with Crippen molar-refractivity contribution in [1.82, 2.24) is 0 Å². The van der Waals surface area contributed by atoms with Crippen LogP contribution >= 0.6 is 0 Å². The third-order valence-electron chi connectivity index (χ3n) is 3.26. The Morgan fingerprint density at radius 3 is 2.67 bits per heavy atom. The minimum Gasteiger partial charge on any atom is -0.464 e. The lowest BCUT2D eigenvalue weighted by Crippen LogP contribution is -2.12. The summed E-state index contributed by atoms with van der Waals surface area (Å²) in [5, 5.41) is 0.953. The van der Waals surface area contributed by atoms with Crippen molar-refractivity contribution in [2.45, 2.75) is 12.8 Å². The lowest BCUT2D eigenvalue weighted by molar-refractivity contribution is -0.118. The van der Waals surface area contributed by atoms with Crippen LogP contribution in [0.25, 0.3) is 22.1 Å². The quantitative estimate of drug-likeness (QED) is 0.729. The number of nitrogens with two attached hydrogens (primary N) is 1. The zero-order valence-electron chi connectivity index (χ0n) is 11.2. The summed E-state index contributed by atoms with van der Waals surface area (Å²) in [6, 6.07) is 9.28. The monoisotopic (exact) mass is 283 g/mol. The number of rotatable bonds is 5. The first-order valence-corrected chi connectivity index (χ1v) is 6.52. The molecule has 0 atom stereocenters. The molecule has 0 aliphatic carbocycles. The molecule has 3 rings (SSSR count). The maximum Gasteiger partial charge on any atom is 0.217 e. The first kappa shape index (κ1) is 13.2. The molecule has 0 spiro atoms. The van der Waals surface area contributed by atoms with Crippen molar-refractivity contribution in [3.05, 3.63) is 48.6 Å². The molecule has 3 aromatic rings. The number of para-hydroxylation sites is 1. The zero-order valence-corrected chi connectivity index (χ0v) is 11.2. The molecule has 0 aliphatic rings. The summed E-state index contributed by atoms with van der Waals surface area (Å²) in [7, 11) is 0. The fourth-order valence-electron chi connectivity index (χ4n) is 2.18. The van der Waals surface area contributed by atoms with Gasteiger partial charge < -0.3 is 14.6 Å². The number of primary amides is 1. The number of carbonyl (C=O) groups excluding carboxylic acids is 2. The van der Waals surface area contributed by atoms with Crippen LogP contribution in [0.2, 0.25) is 0 Å². The Bertz CT molecular complexity index is 812. The Morgan fingerprint density at radius 2 is 1.86 bits per heavy atom. The number of carbonyl (C=O) groups is 2.